The third-order valence-electron chi connectivity index (χ3n) is 4.50. The lowest BCUT2D eigenvalue weighted by molar-refractivity contribution is -0.160. The van der Waals surface area contributed by atoms with E-state index in [1.54, 1.807) is 0 Å². The van der Waals surface area contributed by atoms with E-state index in [0.717, 1.165) is 29.1 Å². The maximum absolute atomic E-state index is 12.3. The monoisotopic (exact) mass is 356 g/mol. The predicted octanol–water partition coefficient (Wildman–Crippen LogP) is 3.80. The van der Waals surface area contributed by atoms with Crippen molar-refractivity contribution in [2.24, 2.45) is 5.92 Å². The molecule has 0 bridgehead atoms. The van der Waals surface area contributed by atoms with Gasteiger partial charge < -0.3 is 9.72 Å². The Morgan fingerprint density at radius 3 is 2.87 bits per heavy atom. The summed E-state index contributed by atoms with van der Waals surface area (Å²) in [4.78, 5) is 17.6. The Labute approximate surface area is 147 Å². The van der Waals surface area contributed by atoms with Crippen molar-refractivity contribution >= 4 is 40.9 Å². The van der Waals surface area contributed by atoms with Crippen molar-refractivity contribution < 1.29 is 9.53 Å². The van der Waals surface area contributed by atoms with E-state index in [4.69, 9.17) is 16.3 Å². The molecule has 1 aromatic heterocycles. The highest BCUT2D eigenvalue weighted by Gasteiger charge is 2.29. The molecule has 0 spiro atoms. The maximum atomic E-state index is 12.3. The first kappa shape index (κ1) is 18.1. The summed E-state index contributed by atoms with van der Waals surface area (Å²) in [7, 11) is 3.80. The van der Waals surface area contributed by atoms with Crippen molar-refractivity contribution in [3.63, 3.8) is 0 Å². The summed E-state index contributed by atoms with van der Waals surface area (Å²) in [6.45, 7) is 1.89. The van der Waals surface area contributed by atoms with E-state index in [-0.39, 0.29) is 30.5 Å². The molecule has 1 heterocycles. The predicted molar refractivity (Wildman–Crippen MR) is 95.3 cm³/mol. The molecule has 6 heteroatoms. The quantitative estimate of drug-likeness (QED) is 0.671. The molecule has 0 saturated carbocycles. The van der Waals surface area contributed by atoms with Crippen molar-refractivity contribution in [3.8, 4) is 0 Å². The van der Waals surface area contributed by atoms with E-state index < -0.39 is 0 Å². The fourth-order valence-corrected chi connectivity index (χ4v) is 3.15. The lowest BCUT2D eigenvalue weighted by Gasteiger charge is -2.25. The summed E-state index contributed by atoms with van der Waals surface area (Å²) >= 11 is 6.09. The molecule has 23 heavy (non-hydrogen) atoms. The molecule has 1 aliphatic rings. The summed E-state index contributed by atoms with van der Waals surface area (Å²) in [5.74, 6) is -0.179. The van der Waals surface area contributed by atoms with Crippen molar-refractivity contribution in [1.29, 1.82) is 0 Å². The van der Waals surface area contributed by atoms with Crippen molar-refractivity contribution in [2.45, 2.75) is 32.4 Å². The van der Waals surface area contributed by atoms with Gasteiger partial charge in [0.15, 0.2) is 6.23 Å². The van der Waals surface area contributed by atoms with Gasteiger partial charge in [-0.1, -0.05) is 11.6 Å². The van der Waals surface area contributed by atoms with Crippen molar-refractivity contribution in [3.05, 3.63) is 34.5 Å². The molecule has 2 aromatic rings. The smallest absolute Gasteiger partial charge is 0.310 e. The number of aromatic nitrogens is 1. The molecule has 0 aliphatic heterocycles. The zero-order valence-corrected chi connectivity index (χ0v) is 15.1. The summed E-state index contributed by atoms with van der Waals surface area (Å²) < 4.78 is 5.51. The van der Waals surface area contributed by atoms with Crippen LogP contribution in [0.2, 0.25) is 5.02 Å². The number of aryl methyl sites for hydroxylation is 1. The van der Waals surface area contributed by atoms with Crippen LogP contribution in [0.5, 0.6) is 0 Å². The van der Waals surface area contributed by atoms with Gasteiger partial charge in [0.25, 0.3) is 0 Å². The van der Waals surface area contributed by atoms with Crippen LogP contribution in [0.15, 0.2) is 18.2 Å². The molecule has 0 radical (unpaired) electrons. The topological polar surface area (TPSA) is 45.3 Å². The number of nitrogens with zero attached hydrogens (tertiary/aromatic N) is 1. The van der Waals surface area contributed by atoms with E-state index in [9.17, 15) is 4.79 Å². The molecule has 0 saturated heterocycles. The Kier molecular flexibility index (Phi) is 5.61. The third kappa shape index (κ3) is 3.65. The zero-order valence-electron chi connectivity index (χ0n) is 13.6. The van der Waals surface area contributed by atoms with Crippen LogP contribution >= 0.6 is 24.0 Å². The largest absolute Gasteiger partial charge is 0.446 e. The number of nitrogens with one attached hydrogen (secondary N) is 1. The Balaban J connectivity index is 0.00000192. The van der Waals surface area contributed by atoms with E-state index >= 15 is 0 Å². The van der Waals surface area contributed by atoms with E-state index in [0.29, 0.717) is 6.42 Å². The summed E-state index contributed by atoms with van der Waals surface area (Å²) in [6, 6.07) is 5.88. The number of carbonyl (C=O) groups excluding carboxylic acids is 1. The average Bonchev–Trinajstić information content (AvgIpc) is 2.84. The number of esters is 1. The molecule has 1 aliphatic carbocycles. The van der Waals surface area contributed by atoms with Gasteiger partial charge in [-0.15, -0.1) is 12.4 Å². The number of carbonyl (C=O) groups is 1. The molecule has 2 atom stereocenters. The Morgan fingerprint density at radius 2 is 2.17 bits per heavy atom. The van der Waals surface area contributed by atoms with E-state index in [1.165, 1.54) is 10.9 Å². The van der Waals surface area contributed by atoms with Gasteiger partial charge in [0.05, 0.1) is 5.92 Å². The van der Waals surface area contributed by atoms with E-state index in [2.05, 4.69) is 4.98 Å². The molecular weight excluding hydrogens is 335 g/mol. The van der Waals surface area contributed by atoms with Crippen LogP contribution in [-0.2, 0) is 22.4 Å². The van der Waals surface area contributed by atoms with Gasteiger partial charge in [0.2, 0.25) is 0 Å². The van der Waals surface area contributed by atoms with Gasteiger partial charge in [-0.05, 0) is 57.6 Å². The van der Waals surface area contributed by atoms with Crippen LogP contribution in [0, 0.1) is 5.92 Å². The summed E-state index contributed by atoms with van der Waals surface area (Å²) in [5, 5.41) is 1.92. The Bertz CT molecular complexity index is 712. The number of fused-ring (bicyclic) bond motifs is 3. The number of hydrogen-bond acceptors (Lipinski definition) is 3. The normalized spacial score (nSPS) is 18.4. The summed E-state index contributed by atoms with van der Waals surface area (Å²) in [5.41, 5.74) is 3.52. The first-order valence-corrected chi connectivity index (χ1v) is 7.99. The third-order valence-corrected chi connectivity index (χ3v) is 4.73. The zero-order chi connectivity index (χ0) is 15.9. The highest BCUT2D eigenvalue weighted by molar-refractivity contribution is 6.31. The van der Waals surface area contributed by atoms with Crippen molar-refractivity contribution in [1.82, 2.24) is 9.88 Å². The van der Waals surface area contributed by atoms with Crippen LogP contribution in [-0.4, -0.2) is 36.2 Å². The number of rotatable bonds is 3. The highest BCUT2D eigenvalue weighted by Crippen LogP contribution is 2.33. The highest BCUT2D eigenvalue weighted by atomic mass is 35.5. The number of halogens is 2. The van der Waals surface area contributed by atoms with Gasteiger partial charge in [0, 0.05) is 28.0 Å². The minimum atomic E-state index is -0.199. The lowest BCUT2D eigenvalue weighted by atomic mass is 9.87. The van der Waals surface area contributed by atoms with Crippen molar-refractivity contribution in [2.75, 3.05) is 14.1 Å². The number of aromatic amines is 1. The average molecular weight is 357 g/mol. The Hall–Kier alpha value is -1.23. The number of benzene rings is 1. The SMILES string of the molecule is CC(OC(=O)C1CCc2c([nH]c3ccc(Cl)cc23)C1)N(C)C.Cl. The molecule has 1 N–H and O–H groups in total. The first-order chi connectivity index (χ1) is 10.5. The molecule has 4 nitrogen and oxygen atoms in total. The molecule has 3 rings (SSSR count). The second kappa shape index (κ2) is 7.12. The number of ether oxygens (including phenoxy) is 1. The second-order valence-electron chi connectivity index (χ2n) is 6.21. The second-order valence-corrected chi connectivity index (χ2v) is 6.65. The van der Waals surface area contributed by atoms with Gasteiger partial charge in [-0.2, -0.15) is 0 Å². The molecule has 1 aromatic carbocycles. The van der Waals surface area contributed by atoms with Crippen LogP contribution in [0.4, 0.5) is 0 Å². The number of hydrogen-bond donors (Lipinski definition) is 1. The van der Waals surface area contributed by atoms with Gasteiger partial charge in [-0.3, -0.25) is 9.69 Å². The molecule has 2 unspecified atom stereocenters. The lowest BCUT2D eigenvalue weighted by Crippen LogP contribution is -2.34. The molecule has 126 valence electrons. The maximum Gasteiger partial charge on any atom is 0.310 e. The fraction of sp³-hybridized carbons (Fsp3) is 0.471. The number of H-pyrrole nitrogens is 1. The summed E-state index contributed by atoms with van der Waals surface area (Å²) in [6.07, 6.45) is 2.22. The minimum Gasteiger partial charge on any atom is -0.446 e. The molecule has 0 amide bonds. The van der Waals surface area contributed by atoms with Gasteiger partial charge in [-0.25, -0.2) is 0 Å². The minimum absolute atomic E-state index is 0. The first-order valence-electron chi connectivity index (χ1n) is 7.61. The molecule has 0 fully saturated rings. The van der Waals surface area contributed by atoms with E-state index in [1.807, 2.05) is 44.1 Å². The van der Waals surface area contributed by atoms with Crippen LogP contribution < -0.4 is 0 Å². The fourth-order valence-electron chi connectivity index (χ4n) is 2.97. The van der Waals surface area contributed by atoms with Crippen LogP contribution in [0.1, 0.15) is 24.6 Å². The van der Waals surface area contributed by atoms with Gasteiger partial charge >= 0.3 is 5.97 Å². The van der Waals surface area contributed by atoms with Crippen LogP contribution in [0.3, 0.4) is 0 Å². The standard InChI is InChI=1S/C17H21ClN2O2.ClH/c1-10(20(2)3)22-17(21)11-4-6-13-14-9-12(18)5-7-15(14)19-16(13)8-11;/h5,7,9-11,19H,4,6,8H2,1-3H3;1H. The van der Waals surface area contributed by atoms with Gasteiger partial charge in [0.1, 0.15) is 0 Å². The molecular formula is C17H22Cl2N2O2. The van der Waals surface area contributed by atoms with Crippen LogP contribution in [0.25, 0.3) is 10.9 Å². The Morgan fingerprint density at radius 1 is 1.43 bits per heavy atom.